The van der Waals surface area contributed by atoms with Gasteiger partial charge in [0.1, 0.15) is 11.4 Å². The van der Waals surface area contributed by atoms with Crippen molar-refractivity contribution in [3.8, 4) is 0 Å². The maximum atomic E-state index is 10.0. The van der Waals surface area contributed by atoms with Gasteiger partial charge in [-0.3, -0.25) is 0 Å². The first-order chi connectivity index (χ1) is 7.10. The lowest BCUT2D eigenvalue weighted by atomic mass is 9.96. The Morgan fingerprint density at radius 2 is 2.13 bits per heavy atom. The quantitative estimate of drug-likeness (QED) is 0.357. The normalized spacial score (nSPS) is 17.5. The lowest BCUT2D eigenvalue weighted by molar-refractivity contribution is 0.0536. The summed E-state index contributed by atoms with van der Waals surface area (Å²) in [7, 11) is 0. The molecule has 0 saturated heterocycles. The van der Waals surface area contributed by atoms with E-state index in [1.54, 1.807) is 19.1 Å². The number of rotatable bonds is 6. The van der Waals surface area contributed by atoms with Gasteiger partial charge in [-0.25, -0.2) is 0 Å². The second kappa shape index (κ2) is 7.26. The van der Waals surface area contributed by atoms with Crippen molar-refractivity contribution < 1.29 is 15.3 Å². The Hall–Kier alpha value is -1.06. The third kappa shape index (κ3) is 4.81. The van der Waals surface area contributed by atoms with E-state index in [2.05, 4.69) is 6.08 Å². The minimum atomic E-state index is -1.51. The predicted octanol–water partition coefficient (Wildman–Crippen LogP) is 1.89. The Morgan fingerprint density at radius 3 is 2.60 bits per heavy atom. The van der Waals surface area contributed by atoms with Gasteiger partial charge in [0.25, 0.3) is 0 Å². The topological polar surface area (TPSA) is 60.7 Å². The highest BCUT2D eigenvalue weighted by atomic mass is 16.3. The van der Waals surface area contributed by atoms with E-state index < -0.39 is 5.60 Å². The summed E-state index contributed by atoms with van der Waals surface area (Å²) in [6, 6.07) is 0. The zero-order chi connectivity index (χ0) is 11.7. The van der Waals surface area contributed by atoms with Crippen LogP contribution in [0.25, 0.3) is 0 Å². The molecule has 0 heterocycles. The van der Waals surface area contributed by atoms with Crippen LogP contribution in [-0.2, 0) is 0 Å². The van der Waals surface area contributed by atoms with Crippen LogP contribution >= 0.6 is 0 Å². The minimum Gasteiger partial charge on any atom is -0.508 e. The standard InChI is InChI=1S/C12H19O3/c1-3-5-7-11(14)12(15,9-10-13)8-6-4-2/h3,5-6,8,13-15H,4,9-10H2,1-2H3. The third-order valence-electron chi connectivity index (χ3n) is 1.92. The molecule has 0 saturated carbocycles. The summed E-state index contributed by atoms with van der Waals surface area (Å²) >= 11 is 0. The van der Waals surface area contributed by atoms with Crippen LogP contribution in [0, 0.1) is 6.08 Å². The molecule has 0 spiro atoms. The summed E-state index contributed by atoms with van der Waals surface area (Å²) in [5, 5.41) is 28.4. The Balaban J connectivity index is 4.83. The van der Waals surface area contributed by atoms with Crippen molar-refractivity contribution >= 4 is 0 Å². The molecule has 15 heavy (non-hydrogen) atoms. The fraction of sp³-hybridized carbons (Fsp3) is 0.500. The molecular formula is C12H19O3. The van der Waals surface area contributed by atoms with Crippen molar-refractivity contribution in [3.05, 3.63) is 36.1 Å². The molecule has 3 heteroatoms. The molecule has 0 aliphatic rings. The average molecular weight is 211 g/mol. The van der Waals surface area contributed by atoms with Crippen LogP contribution in [-0.4, -0.2) is 27.5 Å². The van der Waals surface area contributed by atoms with E-state index in [0.29, 0.717) is 0 Å². The van der Waals surface area contributed by atoms with E-state index >= 15 is 0 Å². The fourth-order valence-electron chi connectivity index (χ4n) is 1.05. The Bertz CT molecular complexity index is 254. The van der Waals surface area contributed by atoms with Crippen molar-refractivity contribution in [2.24, 2.45) is 0 Å². The van der Waals surface area contributed by atoms with E-state index in [9.17, 15) is 10.2 Å². The molecule has 0 aliphatic heterocycles. The molecule has 0 bridgehead atoms. The lowest BCUT2D eigenvalue weighted by Crippen LogP contribution is -2.30. The maximum Gasteiger partial charge on any atom is 0.142 e. The minimum absolute atomic E-state index is 0.0554. The number of aliphatic hydroxyl groups excluding tert-OH is 2. The van der Waals surface area contributed by atoms with E-state index in [0.717, 1.165) is 6.42 Å². The van der Waals surface area contributed by atoms with Gasteiger partial charge >= 0.3 is 0 Å². The number of hydrogen-bond acceptors (Lipinski definition) is 3. The van der Waals surface area contributed by atoms with Crippen LogP contribution in [0.2, 0.25) is 0 Å². The molecule has 85 valence electrons. The Morgan fingerprint density at radius 1 is 1.47 bits per heavy atom. The molecule has 0 fully saturated rings. The molecule has 3 N–H and O–H groups in total. The monoisotopic (exact) mass is 211 g/mol. The molecule has 0 aromatic rings. The first-order valence-electron chi connectivity index (χ1n) is 5.05. The number of aliphatic hydroxyl groups is 3. The van der Waals surface area contributed by atoms with Crippen LogP contribution < -0.4 is 0 Å². The van der Waals surface area contributed by atoms with Gasteiger partial charge in [0.05, 0.1) is 0 Å². The van der Waals surface area contributed by atoms with Gasteiger partial charge in [-0.2, -0.15) is 0 Å². The molecular weight excluding hydrogens is 192 g/mol. The predicted molar refractivity (Wildman–Crippen MR) is 60.3 cm³/mol. The van der Waals surface area contributed by atoms with Crippen LogP contribution in [0.1, 0.15) is 26.7 Å². The summed E-state index contributed by atoms with van der Waals surface area (Å²) in [5.74, 6) is -0.278. The average Bonchev–Trinajstić information content (AvgIpc) is 2.23. The molecule has 1 atom stereocenters. The highest BCUT2D eigenvalue weighted by molar-refractivity contribution is 5.19. The van der Waals surface area contributed by atoms with E-state index in [1.807, 2.05) is 6.92 Å². The molecule has 1 radical (unpaired) electrons. The van der Waals surface area contributed by atoms with Crippen LogP contribution in [0.4, 0.5) is 0 Å². The van der Waals surface area contributed by atoms with Gasteiger partial charge in [-0.1, -0.05) is 25.2 Å². The Labute approximate surface area is 91.1 Å². The van der Waals surface area contributed by atoms with Crippen molar-refractivity contribution in [1.29, 1.82) is 0 Å². The fourth-order valence-corrected chi connectivity index (χ4v) is 1.05. The highest BCUT2D eigenvalue weighted by Crippen LogP contribution is 2.20. The molecule has 0 rings (SSSR count). The molecule has 0 aromatic heterocycles. The zero-order valence-corrected chi connectivity index (χ0v) is 9.27. The Kier molecular flexibility index (Phi) is 6.75. The number of hydrogen-bond donors (Lipinski definition) is 3. The van der Waals surface area contributed by atoms with Crippen LogP contribution in [0.15, 0.2) is 30.1 Å². The first-order valence-corrected chi connectivity index (χ1v) is 5.05. The second-order valence-corrected chi connectivity index (χ2v) is 3.20. The SMILES string of the molecule is CC=C/[C]=C(\O)C(O)(C=CCC)CCO. The lowest BCUT2D eigenvalue weighted by Gasteiger charge is -2.22. The molecule has 1 unspecified atom stereocenters. The van der Waals surface area contributed by atoms with E-state index in [1.165, 1.54) is 12.2 Å². The molecule has 0 aliphatic carbocycles. The summed E-state index contributed by atoms with van der Waals surface area (Å²) in [5.41, 5.74) is -1.51. The van der Waals surface area contributed by atoms with Gasteiger partial charge in [-0.15, -0.1) is 0 Å². The van der Waals surface area contributed by atoms with E-state index in [-0.39, 0.29) is 18.8 Å². The second-order valence-electron chi connectivity index (χ2n) is 3.20. The summed E-state index contributed by atoms with van der Waals surface area (Å²) in [6.07, 6.45) is 9.78. The van der Waals surface area contributed by atoms with Gasteiger partial charge in [0.15, 0.2) is 0 Å². The van der Waals surface area contributed by atoms with Gasteiger partial charge < -0.3 is 15.3 Å². The van der Waals surface area contributed by atoms with Crippen molar-refractivity contribution in [1.82, 2.24) is 0 Å². The molecule has 0 amide bonds. The van der Waals surface area contributed by atoms with Gasteiger partial charge in [0.2, 0.25) is 0 Å². The molecule has 0 aromatic carbocycles. The third-order valence-corrected chi connectivity index (χ3v) is 1.92. The number of allylic oxidation sites excluding steroid dienone is 4. The summed E-state index contributed by atoms with van der Waals surface area (Å²) in [4.78, 5) is 0. The van der Waals surface area contributed by atoms with Gasteiger partial charge in [0, 0.05) is 19.1 Å². The van der Waals surface area contributed by atoms with Crippen LogP contribution in [0.5, 0.6) is 0 Å². The van der Waals surface area contributed by atoms with Gasteiger partial charge in [-0.05, 0) is 19.4 Å². The first kappa shape index (κ1) is 13.9. The zero-order valence-electron chi connectivity index (χ0n) is 9.27. The summed E-state index contributed by atoms with van der Waals surface area (Å²) < 4.78 is 0. The largest absolute Gasteiger partial charge is 0.508 e. The smallest absolute Gasteiger partial charge is 0.142 e. The van der Waals surface area contributed by atoms with Crippen LogP contribution in [0.3, 0.4) is 0 Å². The van der Waals surface area contributed by atoms with Crippen molar-refractivity contribution in [2.45, 2.75) is 32.3 Å². The molecule has 3 nitrogen and oxygen atoms in total. The van der Waals surface area contributed by atoms with Crippen molar-refractivity contribution in [3.63, 3.8) is 0 Å². The van der Waals surface area contributed by atoms with Crippen molar-refractivity contribution in [2.75, 3.05) is 6.61 Å². The summed E-state index contributed by atoms with van der Waals surface area (Å²) in [6.45, 7) is 3.51. The van der Waals surface area contributed by atoms with E-state index in [4.69, 9.17) is 5.11 Å². The maximum absolute atomic E-state index is 10.0. The highest BCUT2D eigenvalue weighted by Gasteiger charge is 2.27.